The maximum atomic E-state index is 9.34. The summed E-state index contributed by atoms with van der Waals surface area (Å²) >= 11 is 0. The molecule has 0 atom stereocenters. The molecule has 0 rings (SSSR count). The largest absolute Gasteiger partial charge is 2.00 e. The van der Waals surface area contributed by atoms with E-state index in [0.29, 0.717) is 0 Å². The van der Waals surface area contributed by atoms with Gasteiger partial charge in [0.2, 0.25) is 0 Å². The molecule has 13 heavy (non-hydrogen) atoms. The molecule has 9 heteroatoms. The van der Waals surface area contributed by atoms with Crippen molar-refractivity contribution < 1.29 is 36.9 Å². The van der Waals surface area contributed by atoms with Crippen LogP contribution < -0.4 is 33.1 Å². The van der Waals surface area contributed by atoms with E-state index in [2.05, 4.69) is 22.9 Å². The number of carboxylic acid groups (broad SMARTS) is 2. The third-order valence-corrected chi connectivity index (χ3v) is 0.544. The number of hydrogen-bond donors (Lipinski definition) is 4. The number of rotatable bonds is 2. The molecule has 0 spiro atoms. The predicted molar refractivity (Wildman–Crippen MR) is 34.3 cm³/mol. The van der Waals surface area contributed by atoms with Crippen LogP contribution in [0.15, 0.2) is 0 Å². The van der Waals surface area contributed by atoms with Crippen molar-refractivity contribution in [3.8, 4) is 0 Å². The Morgan fingerprint density at radius 3 is 0.923 bits per heavy atom. The minimum absolute atomic E-state index is 0. The Morgan fingerprint density at radius 1 is 0.846 bits per heavy atom. The molecule has 0 saturated carbocycles. The summed E-state index contributed by atoms with van der Waals surface area (Å²) < 4.78 is 0. The number of carbonyl (C=O) groups excluding carboxylic acids is 2. The molecule has 1 radical (unpaired) electrons. The van der Waals surface area contributed by atoms with Gasteiger partial charge in [-0.25, -0.2) is 0 Å². The molecule has 0 amide bonds. The second-order valence-electron chi connectivity index (χ2n) is 1.69. The van der Waals surface area contributed by atoms with Crippen LogP contribution in [-0.4, -0.2) is 24.3 Å². The molecule has 0 aliphatic heterocycles. The molecule has 0 unspecified atom stereocenters. The van der Waals surface area contributed by atoms with Gasteiger partial charge in [0, 0.05) is 0 Å². The number of hydrogen-bond acceptors (Lipinski definition) is 8. The van der Waals surface area contributed by atoms with Crippen molar-refractivity contribution >= 4 is 11.9 Å². The van der Waals surface area contributed by atoms with Crippen LogP contribution in [0.5, 0.6) is 0 Å². The van der Waals surface area contributed by atoms with Crippen LogP contribution in [0.1, 0.15) is 0 Å². The number of nitrogens with two attached hydrogens (primary N) is 4. The van der Waals surface area contributed by atoms with E-state index in [9.17, 15) is 19.8 Å². The average molecular weight is 242 g/mol. The van der Waals surface area contributed by atoms with Crippen LogP contribution in [0, 0.1) is 0 Å². The summed E-state index contributed by atoms with van der Waals surface area (Å²) in [5, 5.41) is 18.7. The van der Waals surface area contributed by atoms with Crippen molar-refractivity contribution in [1.29, 1.82) is 0 Å². The smallest absolute Gasteiger partial charge is 0.547 e. The van der Waals surface area contributed by atoms with Crippen molar-refractivity contribution in [3.63, 3.8) is 0 Å². The minimum atomic E-state index is -1.44. The Balaban J connectivity index is -0.000000143. The molecule has 0 aliphatic carbocycles. The number of carboxylic acids is 2. The third-order valence-electron chi connectivity index (χ3n) is 0.544. The zero-order valence-corrected chi connectivity index (χ0v) is 7.34. The molecule has 0 saturated heterocycles. The van der Waals surface area contributed by atoms with Gasteiger partial charge < -0.3 is 42.7 Å². The van der Waals surface area contributed by atoms with Gasteiger partial charge in [-0.05, 0) is 0 Å². The predicted octanol–water partition coefficient (Wildman–Crippen LogP) is -6.04. The summed E-state index contributed by atoms with van der Waals surface area (Å²) in [5.41, 5.74) is 18.2. The third kappa shape index (κ3) is 18.3. The average Bonchev–Trinajstić information content (AvgIpc) is 1.88. The normalized spacial score (nSPS) is 8.46. The fourth-order valence-electron chi connectivity index (χ4n) is 0. The van der Waals surface area contributed by atoms with Gasteiger partial charge in [0.1, 0.15) is 0 Å². The van der Waals surface area contributed by atoms with E-state index in [0.717, 1.165) is 0 Å². The molecular weight excluding hydrogens is 232 g/mol. The molecule has 0 bridgehead atoms. The summed E-state index contributed by atoms with van der Waals surface area (Å²) in [6, 6.07) is 0. The van der Waals surface area contributed by atoms with Gasteiger partial charge in [-0.1, -0.05) is 0 Å². The fourth-order valence-corrected chi connectivity index (χ4v) is 0. The SMILES string of the molecule is NC(N)C(=O)[O-].NC(N)C(=O)[O-].[Cu+2]. The summed E-state index contributed by atoms with van der Waals surface area (Å²) in [6.07, 6.45) is -2.69. The summed E-state index contributed by atoms with van der Waals surface area (Å²) in [5.74, 6) is -2.87. The molecule has 8 N–H and O–H groups in total. The van der Waals surface area contributed by atoms with E-state index in [1.807, 2.05) is 0 Å². The Morgan fingerprint density at radius 2 is 0.923 bits per heavy atom. The van der Waals surface area contributed by atoms with Crippen LogP contribution in [0.25, 0.3) is 0 Å². The van der Waals surface area contributed by atoms with Crippen LogP contribution in [0.3, 0.4) is 0 Å². The van der Waals surface area contributed by atoms with Crippen LogP contribution in [-0.2, 0) is 26.7 Å². The van der Waals surface area contributed by atoms with E-state index in [1.165, 1.54) is 0 Å². The summed E-state index contributed by atoms with van der Waals surface area (Å²) in [6.45, 7) is 0. The monoisotopic (exact) mass is 241 g/mol. The minimum Gasteiger partial charge on any atom is -0.547 e. The topological polar surface area (TPSA) is 184 Å². The second kappa shape index (κ2) is 9.39. The zero-order chi connectivity index (χ0) is 10.3. The van der Waals surface area contributed by atoms with Gasteiger partial charge in [0.15, 0.2) is 0 Å². The Kier molecular flexibility index (Phi) is 13.1. The molecule has 81 valence electrons. The van der Waals surface area contributed by atoms with Gasteiger partial charge >= 0.3 is 17.1 Å². The van der Waals surface area contributed by atoms with E-state index in [1.54, 1.807) is 0 Å². The number of carbonyl (C=O) groups is 2. The summed E-state index contributed by atoms with van der Waals surface area (Å²) in [7, 11) is 0. The molecule has 0 aliphatic rings. The van der Waals surface area contributed by atoms with Gasteiger partial charge in [-0.2, -0.15) is 0 Å². The van der Waals surface area contributed by atoms with Crippen molar-refractivity contribution in [2.75, 3.05) is 0 Å². The molecule has 8 nitrogen and oxygen atoms in total. The van der Waals surface area contributed by atoms with Crippen molar-refractivity contribution in [2.45, 2.75) is 12.3 Å². The molecule has 0 fully saturated rings. The quantitative estimate of drug-likeness (QED) is 0.272. The standard InChI is InChI=1S/2C2H6N2O2.Cu/c2*3-1(4)2(5)6;/h2*1H,3-4H2,(H,5,6);/q;;+2/p-2. The van der Waals surface area contributed by atoms with Crippen LogP contribution in [0.4, 0.5) is 0 Å². The van der Waals surface area contributed by atoms with Gasteiger partial charge in [0.25, 0.3) is 0 Å². The molecule has 0 aromatic carbocycles. The van der Waals surface area contributed by atoms with E-state index >= 15 is 0 Å². The molecule has 0 heterocycles. The molecular formula is C4H10CuN4O4. The Hall–Kier alpha value is -0.701. The Labute approximate surface area is 84.7 Å². The fraction of sp³-hybridized carbons (Fsp3) is 0.500. The summed E-state index contributed by atoms with van der Waals surface area (Å²) in [4.78, 5) is 18.7. The van der Waals surface area contributed by atoms with Crippen LogP contribution in [0.2, 0.25) is 0 Å². The zero-order valence-electron chi connectivity index (χ0n) is 6.40. The van der Waals surface area contributed by atoms with Crippen molar-refractivity contribution in [1.82, 2.24) is 0 Å². The Bertz CT molecular complexity index is 144. The van der Waals surface area contributed by atoms with E-state index in [4.69, 9.17) is 0 Å². The maximum absolute atomic E-state index is 9.34. The first kappa shape index (κ1) is 18.2. The van der Waals surface area contributed by atoms with Crippen molar-refractivity contribution in [2.24, 2.45) is 22.9 Å². The van der Waals surface area contributed by atoms with Gasteiger partial charge in [-0.3, -0.25) is 0 Å². The maximum Gasteiger partial charge on any atom is 2.00 e. The van der Waals surface area contributed by atoms with Crippen molar-refractivity contribution in [3.05, 3.63) is 0 Å². The van der Waals surface area contributed by atoms with E-state index in [-0.39, 0.29) is 17.1 Å². The second-order valence-corrected chi connectivity index (χ2v) is 1.69. The first-order valence-corrected chi connectivity index (χ1v) is 2.73. The van der Waals surface area contributed by atoms with Gasteiger partial charge in [0.05, 0.1) is 24.3 Å². The first-order chi connectivity index (χ1) is 5.29. The van der Waals surface area contributed by atoms with Crippen LogP contribution >= 0.6 is 0 Å². The molecule has 0 aromatic heterocycles. The molecule has 0 aromatic rings. The number of aliphatic carboxylic acids is 2. The van der Waals surface area contributed by atoms with Gasteiger partial charge in [-0.15, -0.1) is 0 Å². The van der Waals surface area contributed by atoms with E-state index < -0.39 is 24.3 Å². The first-order valence-electron chi connectivity index (χ1n) is 2.73.